The van der Waals surface area contributed by atoms with E-state index in [-0.39, 0.29) is 11.4 Å². The predicted molar refractivity (Wildman–Crippen MR) is 69.8 cm³/mol. The number of benzene rings is 1. The lowest BCUT2D eigenvalue weighted by Crippen LogP contribution is -2.40. The lowest BCUT2D eigenvalue weighted by atomic mass is 10.0. The number of nitrogens with one attached hydrogen (secondary N) is 1. The summed E-state index contributed by atoms with van der Waals surface area (Å²) in [5, 5.41) is 18.8. The zero-order valence-electron chi connectivity index (χ0n) is 10.5. The van der Waals surface area contributed by atoms with Crippen molar-refractivity contribution in [3.8, 4) is 6.07 Å². The summed E-state index contributed by atoms with van der Waals surface area (Å²) < 4.78 is 26.5. The minimum absolute atomic E-state index is 0.0370. The van der Waals surface area contributed by atoms with Gasteiger partial charge in [0.15, 0.2) is 0 Å². The third-order valence-corrected chi connectivity index (χ3v) is 4.84. The topological polar surface area (TPSA) is 90.2 Å². The Balaban J connectivity index is 2.07. The second kappa shape index (κ2) is 5.29. The lowest BCUT2D eigenvalue weighted by molar-refractivity contribution is 0.0532. The van der Waals surface area contributed by atoms with Crippen LogP contribution in [0.3, 0.4) is 0 Å². The van der Waals surface area contributed by atoms with Crippen molar-refractivity contribution in [1.82, 2.24) is 4.72 Å². The van der Waals surface area contributed by atoms with Crippen LogP contribution >= 0.6 is 0 Å². The second-order valence-electron chi connectivity index (χ2n) is 4.89. The number of hydrogen-bond donors (Lipinski definition) is 2. The largest absolute Gasteiger partial charge is 0.389 e. The van der Waals surface area contributed by atoms with Crippen LogP contribution in [0.15, 0.2) is 29.2 Å². The Hall–Kier alpha value is -1.42. The average molecular weight is 280 g/mol. The first-order valence-electron chi connectivity index (χ1n) is 6.17. The standard InChI is InChI=1S/C13H16N2O3S/c14-9-11-3-5-12(6-4-11)19(17,18)15-10-13(16)7-1-2-8-13/h3-6,15-16H,1-2,7-8,10H2. The van der Waals surface area contributed by atoms with Gasteiger partial charge >= 0.3 is 0 Å². The van der Waals surface area contributed by atoms with Gasteiger partial charge in [-0.3, -0.25) is 0 Å². The molecule has 1 saturated carbocycles. The van der Waals surface area contributed by atoms with Gasteiger partial charge in [-0.05, 0) is 37.1 Å². The molecule has 1 aliphatic rings. The van der Waals surface area contributed by atoms with Crippen molar-refractivity contribution in [3.63, 3.8) is 0 Å². The molecule has 19 heavy (non-hydrogen) atoms. The van der Waals surface area contributed by atoms with Crippen molar-refractivity contribution in [1.29, 1.82) is 5.26 Å². The summed E-state index contributed by atoms with van der Waals surface area (Å²) in [5.41, 5.74) is -0.506. The smallest absolute Gasteiger partial charge is 0.240 e. The molecule has 102 valence electrons. The Morgan fingerprint density at radius 2 is 1.84 bits per heavy atom. The molecule has 0 saturated heterocycles. The molecule has 1 aliphatic carbocycles. The molecule has 0 heterocycles. The molecule has 6 heteroatoms. The molecular formula is C13H16N2O3S. The highest BCUT2D eigenvalue weighted by atomic mass is 32.2. The molecule has 0 bridgehead atoms. The minimum Gasteiger partial charge on any atom is -0.389 e. The summed E-state index contributed by atoms with van der Waals surface area (Å²) in [7, 11) is -3.63. The third-order valence-electron chi connectivity index (χ3n) is 3.42. The first-order valence-corrected chi connectivity index (χ1v) is 7.66. The molecular weight excluding hydrogens is 264 g/mol. The number of aliphatic hydroxyl groups is 1. The van der Waals surface area contributed by atoms with E-state index in [0.29, 0.717) is 18.4 Å². The number of sulfonamides is 1. The highest BCUT2D eigenvalue weighted by Gasteiger charge is 2.32. The predicted octanol–water partition coefficient (Wildman–Crippen LogP) is 1.14. The van der Waals surface area contributed by atoms with Gasteiger partial charge in [-0.1, -0.05) is 12.8 Å². The van der Waals surface area contributed by atoms with Crippen molar-refractivity contribution in [2.75, 3.05) is 6.54 Å². The summed E-state index contributed by atoms with van der Waals surface area (Å²) in [6.07, 6.45) is 3.11. The van der Waals surface area contributed by atoms with E-state index < -0.39 is 15.6 Å². The molecule has 0 amide bonds. The summed E-state index contributed by atoms with van der Waals surface area (Å²) in [6, 6.07) is 7.62. The van der Waals surface area contributed by atoms with Gasteiger partial charge in [-0.25, -0.2) is 13.1 Å². The molecule has 1 aromatic carbocycles. The minimum atomic E-state index is -3.63. The van der Waals surface area contributed by atoms with E-state index >= 15 is 0 Å². The Labute approximate surface area is 112 Å². The van der Waals surface area contributed by atoms with Gasteiger partial charge in [0.25, 0.3) is 0 Å². The van der Waals surface area contributed by atoms with Gasteiger partial charge in [0.1, 0.15) is 0 Å². The molecule has 5 nitrogen and oxygen atoms in total. The van der Waals surface area contributed by atoms with Crippen LogP contribution in [0.2, 0.25) is 0 Å². The summed E-state index contributed by atoms with van der Waals surface area (Å²) >= 11 is 0. The van der Waals surface area contributed by atoms with E-state index in [0.717, 1.165) is 12.8 Å². The quantitative estimate of drug-likeness (QED) is 0.865. The molecule has 1 fully saturated rings. The Kier molecular flexibility index (Phi) is 3.90. The van der Waals surface area contributed by atoms with Crippen LogP contribution in [0, 0.1) is 11.3 Å². The normalized spacial score (nSPS) is 18.1. The molecule has 2 rings (SSSR count). The fraction of sp³-hybridized carbons (Fsp3) is 0.462. The van der Waals surface area contributed by atoms with Crippen molar-refractivity contribution < 1.29 is 13.5 Å². The SMILES string of the molecule is N#Cc1ccc(S(=O)(=O)NCC2(O)CCCC2)cc1. The van der Waals surface area contributed by atoms with Crippen LogP contribution in [-0.2, 0) is 10.0 Å². The van der Waals surface area contributed by atoms with Crippen LogP contribution in [-0.4, -0.2) is 25.7 Å². The summed E-state index contributed by atoms with van der Waals surface area (Å²) in [4.78, 5) is 0.105. The van der Waals surface area contributed by atoms with Crippen LogP contribution in [0.1, 0.15) is 31.2 Å². The fourth-order valence-electron chi connectivity index (χ4n) is 2.23. The highest BCUT2D eigenvalue weighted by Crippen LogP contribution is 2.29. The van der Waals surface area contributed by atoms with E-state index in [1.165, 1.54) is 24.3 Å². The summed E-state index contributed by atoms with van der Waals surface area (Å²) in [6.45, 7) is 0.0370. The fourth-order valence-corrected chi connectivity index (χ4v) is 3.35. The Morgan fingerprint density at radius 3 is 2.37 bits per heavy atom. The maximum atomic E-state index is 12.0. The van der Waals surface area contributed by atoms with Crippen molar-refractivity contribution in [2.45, 2.75) is 36.2 Å². The van der Waals surface area contributed by atoms with Gasteiger partial charge in [0.05, 0.1) is 22.1 Å². The van der Waals surface area contributed by atoms with Crippen molar-refractivity contribution in [2.24, 2.45) is 0 Å². The maximum Gasteiger partial charge on any atom is 0.240 e. The Morgan fingerprint density at radius 1 is 1.26 bits per heavy atom. The van der Waals surface area contributed by atoms with E-state index in [1.54, 1.807) is 0 Å². The van der Waals surface area contributed by atoms with Gasteiger partial charge in [-0.15, -0.1) is 0 Å². The molecule has 0 aromatic heterocycles. The van der Waals surface area contributed by atoms with Crippen LogP contribution < -0.4 is 4.72 Å². The van der Waals surface area contributed by atoms with Crippen LogP contribution in [0.5, 0.6) is 0 Å². The average Bonchev–Trinajstić information content (AvgIpc) is 2.84. The van der Waals surface area contributed by atoms with Crippen LogP contribution in [0.4, 0.5) is 0 Å². The van der Waals surface area contributed by atoms with Crippen molar-refractivity contribution in [3.05, 3.63) is 29.8 Å². The molecule has 0 spiro atoms. The molecule has 2 N–H and O–H groups in total. The number of nitrogens with zero attached hydrogens (tertiary/aromatic N) is 1. The van der Waals surface area contributed by atoms with Crippen molar-refractivity contribution >= 4 is 10.0 Å². The number of nitriles is 1. The van der Waals surface area contributed by atoms with E-state index in [9.17, 15) is 13.5 Å². The Bertz CT molecular complexity index is 581. The monoisotopic (exact) mass is 280 g/mol. The zero-order chi connectivity index (χ0) is 13.9. The molecule has 1 aromatic rings. The highest BCUT2D eigenvalue weighted by molar-refractivity contribution is 7.89. The van der Waals surface area contributed by atoms with E-state index in [1.807, 2.05) is 6.07 Å². The number of hydrogen-bond acceptors (Lipinski definition) is 4. The maximum absolute atomic E-state index is 12.0. The van der Waals surface area contributed by atoms with E-state index in [2.05, 4.69) is 4.72 Å². The molecule has 0 radical (unpaired) electrons. The molecule has 0 atom stereocenters. The first kappa shape index (κ1) is 14.0. The van der Waals surface area contributed by atoms with Gasteiger partial charge < -0.3 is 5.11 Å². The van der Waals surface area contributed by atoms with Gasteiger partial charge in [0, 0.05) is 6.54 Å². The lowest BCUT2D eigenvalue weighted by Gasteiger charge is -2.22. The second-order valence-corrected chi connectivity index (χ2v) is 6.66. The van der Waals surface area contributed by atoms with Gasteiger partial charge in [-0.2, -0.15) is 5.26 Å². The van der Waals surface area contributed by atoms with Crippen LogP contribution in [0.25, 0.3) is 0 Å². The third kappa shape index (κ3) is 3.32. The first-order chi connectivity index (χ1) is 8.95. The van der Waals surface area contributed by atoms with E-state index in [4.69, 9.17) is 5.26 Å². The van der Waals surface area contributed by atoms with Gasteiger partial charge in [0.2, 0.25) is 10.0 Å². The molecule has 0 aliphatic heterocycles. The summed E-state index contributed by atoms with van der Waals surface area (Å²) in [5.74, 6) is 0. The molecule has 0 unspecified atom stereocenters. The number of rotatable bonds is 4. The zero-order valence-corrected chi connectivity index (χ0v) is 11.3.